The van der Waals surface area contributed by atoms with Crippen molar-refractivity contribution in [1.82, 2.24) is 9.80 Å². The molecule has 2 aliphatic heterocycles. The van der Waals surface area contributed by atoms with E-state index in [1.807, 2.05) is 53.4 Å². The number of fused-ring (bicyclic) bond motifs is 1. The van der Waals surface area contributed by atoms with E-state index in [0.29, 0.717) is 54.5 Å². The number of nitrogens with two attached hydrogens (primary N) is 1. The predicted molar refractivity (Wildman–Crippen MR) is 182 cm³/mol. The summed E-state index contributed by atoms with van der Waals surface area (Å²) in [5.41, 5.74) is 11.3. The molecule has 9 heteroatoms. The van der Waals surface area contributed by atoms with Gasteiger partial charge in [-0.3, -0.25) is 19.3 Å². The standard InChI is InChI=1S/C37H43N5O4/c1-4-16-42(17-5-2)36(44)29-18-27-14-15-28(20-33(27)40-34(38)21-29)35(43)39-30-13-9-12-26(19-30)31-23-41(24-32(31)37(45)46-3)22-25-10-7-6-8-11-25/h6-15,18-20,31-32H,4-5,16-17,21-24H2,1-3H3,(H2,38,40)(H,39,43)/t31-,32+/m1/s1. The summed E-state index contributed by atoms with van der Waals surface area (Å²) in [5, 5.41) is 3.01. The number of anilines is 1. The van der Waals surface area contributed by atoms with Gasteiger partial charge in [0.05, 0.1) is 18.7 Å². The molecule has 0 spiro atoms. The van der Waals surface area contributed by atoms with Crippen LogP contribution < -0.4 is 11.1 Å². The summed E-state index contributed by atoms with van der Waals surface area (Å²) < 4.78 is 5.17. The first kappa shape index (κ1) is 32.6. The number of aliphatic imine (C=N–C) groups is 1. The third kappa shape index (κ3) is 7.72. The Morgan fingerprint density at radius 1 is 0.978 bits per heavy atom. The molecule has 0 radical (unpaired) electrons. The quantitative estimate of drug-likeness (QED) is 0.263. The van der Waals surface area contributed by atoms with Crippen molar-refractivity contribution in [3.63, 3.8) is 0 Å². The van der Waals surface area contributed by atoms with Crippen molar-refractivity contribution in [1.29, 1.82) is 0 Å². The number of ether oxygens (including phenoxy) is 1. The van der Waals surface area contributed by atoms with E-state index in [4.69, 9.17) is 10.5 Å². The number of carbonyl (C=O) groups is 3. The number of amidine groups is 1. The normalized spacial score (nSPS) is 17.7. The molecule has 2 heterocycles. The highest BCUT2D eigenvalue weighted by Gasteiger charge is 2.39. The number of hydrogen-bond donors (Lipinski definition) is 2. The molecule has 240 valence electrons. The van der Waals surface area contributed by atoms with Crippen LogP contribution >= 0.6 is 0 Å². The second-order valence-corrected chi connectivity index (χ2v) is 12.0. The number of amides is 2. The number of hydrogen-bond acceptors (Lipinski definition) is 7. The van der Waals surface area contributed by atoms with E-state index in [2.05, 4.69) is 41.2 Å². The van der Waals surface area contributed by atoms with E-state index in [1.54, 1.807) is 18.2 Å². The van der Waals surface area contributed by atoms with Crippen molar-refractivity contribution in [2.75, 3.05) is 38.6 Å². The second kappa shape index (κ2) is 15.0. The Balaban J connectivity index is 1.33. The molecular weight excluding hydrogens is 578 g/mol. The molecule has 0 unspecified atom stereocenters. The lowest BCUT2D eigenvalue weighted by Crippen LogP contribution is -2.34. The van der Waals surface area contributed by atoms with Crippen molar-refractivity contribution in [2.24, 2.45) is 16.6 Å². The topological polar surface area (TPSA) is 117 Å². The molecule has 1 fully saturated rings. The summed E-state index contributed by atoms with van der Waals surface area (Å²) in [5.74, 6) is -0.620. The Morgan fingerprint density at radius 2 is 1.74 bits per heavy atom. The number of rotatable bonds is 11. The van der Waals surface area contributed by atoms with Crippen LogP contribution in [-0.2, 0) is 20.9 Å². The zero-order valence-electron chi connectivity index (χ0n) is 26.9. The molecular formula is C37H43N5O4. The number of nitrogens with one attached hydrogen (secondary N) is 1. The number of benzene rings is 3. The van der Waals surface area contributed by atoms with Gasteiger partial charge in [0, 0.05) is 67.4 Å². The molecule has 3 aromatic rings. The number of likely N-dealkylation sites (tertiary alicyclic amines) is 1. The first-order chi connectivity index (χ1) is 22.3. The van der Waals surface area contributed by atoms with Gasteiger partial charge in [-0.25, -0.2) is 4.99 Å². The minimum atomic E-state index is -0.312. The maximum absolute atomic E-state index is 13.4. The second-order valence-electron chi connectivity index (χ2n) is 12.0. The van der Waals surface area contributed by atoms with Gasteiger partial charge < -0.3 is 20.7 Å². The van der Waals surface area contributed by atoms with Crippen LogP contribution in [0.4, 0.5) is 11.4 Å². The van der Waals surface area contributed by atoms with Gasteiger partial charge in [0.2, 0.25) is 5.91 Å². The smallest absolute Gasteiger partial charge is 0.310 e. The SMILES string of the molecule is CCCN(CCC)C(=O)C1=Cc2ccc(C(=O)Nc3cccc([C@H]4CN(Cc5ccccc5)C[C@@H]4C(=O)OC)c3)cc2N=C(N)C1. The Bertz CT molecular complexity index is 1630. The van der Waals surface area contributed by atoms with E-state index in [0.717, 1.165) is 30.5 Å². The van der Waals surface area contributed by atoms with Gasteiger partial charge >= 0.3 is 5.97 Å². The molecule has 0 saturated carbocycles. The van der Waals surface area contributed by atoms with Crippen molar-refractivity contribution in [3.8, 4) is 0 Å². The summed E-state index contributed by atoms with van der Waals surface area (Å²) in [6.45, 7) is 7.52. The molecule has 0 aromatic heterocycles. The Kier molecular flexibility index (Phi) is 10.6. The fourth-order valence-corrected chi connectivity index (χ4v) is 6.36. The van der Waals surface area contributed by atoms with Crippen LogP contribution in [0.25, 0.3) is 6.08 Å². The van der Waals surface area contributed by atoms with Gasteiger partial charge in [-0.2, -0.15) is 0 Å². The number of nitrogens with zero attached hydrogens (tertiary/aromatic N) is 3. The molecule has 3 N–H and O–H groups in total. The molecule has 5 rings (SSSR count). The summed E-state index contributed by atoms with van der Waals surface area (Å²) in [6.07, 6.45) is 3.84. The summed E-state index contributed by atoms with van der Waals surface area (Å²) in [4.78, 5) is 48.2. The minimum absolute atomic E-state index is 0.0312. The van der Waals surface area contributed by atoms with Crippen molar-refractivity contribution in [2.45, 2.75) is 45.6 Å². The van der Waals surface area contributed by atoms with E-state index in [1.165, 1.54) is 12.7 Å². The summed E-state index contributed by atoms with van der Waals surface area (Å²) >= 11 is 0. The van der Waals surface area contributed by atoms with E-state index < -0.39 is 0 Å². The van der Waals surface area contributed by atoms with Crippen molar-refractivity contribution in [3.05, 3.63) is 101 Å². The molecule has 0 bridgehead atoms. The van der Waals surface area contributed by atoms with Crippen LogP contribution in [-0.4, -0.2) is 66.7 Å². The summed E-state index contributed by atoms with van der Waals surface area (Å²) in [6, 6.07) is 23.1. The zero-order valence-corrected chi connectivity index (χ0v) is 26.9. The lowest BCUT2D eigenvalue weighted by atomic mass is 9.89. The Labute approximate surface area is 271 Å². The number of esters is 1. The van der Waals surface area contributed by atoms with Crippen molar-refractivity contribution >= 4 is 41.1 Å². The highest BCUT2D eigenvalue weighted by atomic mass is 16.5. The average molecular weight is 622 g/mol. The third-order valence-corrected chi connectivity index (χ3v) is 8.53. The monoisotopic (exact) mass is 621 g/mol. The fraction of sp³-hybridized carbons (Fsp3) is 0.351. The third-order valence-electron chi connectivity index (χ3n) is 8.53. The average Bonchev–Trinajstić information content (AvgIpc) is 3.40. The first-order valence-corrected chi connectivity index (χ1v) is 16.0. The van der Waals surface area contributed by atoms with E-state index in [-0.39, 0.29) is 36.0 Å². The van der Waals surface area contributed by atoms with E-state index >= 15 is 0 Å². The van der Waals surface area contributed by atoms with Crippen molar-refractivity contribution < 1.29 is 19.1 Å². The van der Waals surface area contributed by atoms with Crippen LogP contribution in [0.5, 0.6) is 0 Å². The number of methoxy groups -OCH3 is 1. The molecule has 2 atom stereocenters. The maximum Gasteiger partial charge on any atom is 0.310 e. The van der Waals surface area contributed by atoms with Gasteiger partial charge in [-0.1, -0.05) is 62.4 Å². The van der Waals surface area contributed by atoms with Gasteiger partial charge in [0.1, 0.15) is 5.84 Å². The molecule has 1 saturated heterocycles. The van der Waals surface area contributed by atoms with Gasteiger partial charge in [0.25, 0.3) is 5.91 Å². The lowest BCUT2D eigenvalue weighted by molar-refractivity contribution is -0.145. The van der Waals surface area contributed by atoms with E-state index in [9.17, 15) is 14.4 Å². The number of carbonyl (C=O) groups excluding carboxylic acids is 3. The van der Waals surface area contributed by atoms with Crippen LogP contribution in [0.1, 0.15) is 66.1 Å². The largest absolute Gasteiger partial charge is 0.469 e. The molecule has 0 aliphatic carbocycles. The molecule has 46 heavy (non-hydrogen) atoms. The molecule has 2 amide bonds. The highest BCUT2D eigenvalue weighted by Crippen LogP contribution is 2.36. The highest BCUT2D eigenvalue weighted by molar-refractivity contribution is 6.08. The van der Waals surface area contributed by atoms with Gasteiger partial charge in [0.15, 0.2) is 0 Å². The van der Waals surface area contributed by atoms with Crippen LogP contribution in [0.3, 0.4) is 0 Å². The van der Waals surface area contributed by atoms with Crippen LogP contribution in [0.2, 0.25) is 0 Å². The Hall–Kier alpha value is -4.76. The Morgan fingerprint density at radius 3 is 2.46 bits per heavy atom. The molecule has 3 aromatic carbocycles. The van der Waals surface area contributed by atoms with Crippen LogP contribution in [0.15, 0.2) is 83.4 Å². The van der Waals surface area contributed by atoms with Crippen LogP contribution in [0, 0.1) is 5.92 Å². The lowest BCUT2D eigenvalue weighted by Gasteiger charge is -2.22. The molecule has 2 aliphatic rings. The minimum Gasteiger partial charge on any atom is -0.469 e. The molecule has 9 nitrogen and oxygen atoms in total. The first-order valence-electron chi connectivity index (χ1n) is 16.0. The van der Waals surface area contributed by atoms with Gasteiger partial charge in [-0.05, 0) is 54.3 Å². The van der Waals surface area contributed by atoms with Gasteiger partial charge in [-0.15, -0.1) is 0 Å². The zero-order chi connectivity index (χ0) is 32.6. The predicted octanol–water partition coefficient (Wildman–Crippen LogP) is 5.75. The maximum atomic E-state index is 13.4. The summed E-state index contributed by atoms with van der Waals surface area (Å²) in [7, 11) is 1.43. The fourth-order valence-electron chi connectivity index (χ4n) is 6.36.